The summed E-state index contributed by atoms with van der Waals surface area (Å²) in [6.07, 6.45) is 1.69. The maximum Gasteiger partial charge on any atom is 0.331 e. The molecular weight excluding hydrogens is 220 g/mol. The SMILES string of the molecule is C=CCOc1ccc(COCC(=O)OC)cc1. The van der Waals surface area contributed by atoms with Crippen molar-refractivity contribution in [3.8, 4) is 5.75 Å². The van der Waals surface area contributed by atoms with Crippen molar-refractivity contribution < 1.29 is 19.0 Å². The summed E-state index contributed by atoms with van der Waals surface area (Å²) < 4.78 is 15.0. The summed E-state index contributed by atoms with van der Waals surface area (Å²) in [7, 11) is 1.33. The lowest BCUT2D eigenvalue weighted by atomic mass is 10.2. The van der Waals surface area contributed by atoms with Crippen LogP contribution in [0.2, 0.25) is 0 Å². The van der Waals surface area contributed by atoms with Crippen LogP contribution < -0.4 is 4.74 Å². The fraction of sp³-hybridized carbons (Fsp3) is 0.308. The van der Waals surface area contributed by atoms with Crippen LogP contribution in [0, 0.1) is 0 Å². The van der Waals surface area contributed by atoms with Gasteiger partial charge in [0.25, 0.3) is 0 Å². The van der Waals surface area contributed by atoms with Gasteiger partial charge in [0.15, 0.2) is 0 Å². The predicted octanol–water partition coefficient (Wildman–Crippen LogP) is 1.94. The first kappa shape index (κ1) is 13.3. The Bertz CT molecular complexity index is 356. The molecule has 4 heteroatoms. The first-order valence-electron chi connectivity index (χ1n) is 5.23. The van der Waals surface area contributed by atoms with E-state index in [0.717, 1.165) is 11.3 Å². The second-order valence-electron chi connectivity index (χ2n) is 3.31. The summed E-state index contributed by atoms with van der Waals surface area (Å²) in [6.45, 7) is 4.39. The van der Waals surface area contributed by atoms with Crippen LogP contribution in [0.1, 0.15) is 5.56 Å². The van der Waals surface area contributed by atoms with Gasteiger partial charge in [-0.2, -0.15) is 0 Å². The first-order chi connectivity index (χ1) is 8.26. The van der Waals surface area contributed by atoms with Gasteiger partial charge < -0.3 is 14.2 Å². The average molecular weight is 236 g/mol. The van der Waals surface area contributed by atoms with Crippen molar-refractivity contribution in [3.05, 3.63) is 42.5 Å². The van der Waals surface area contributed by atoms with Crippen molar-refractivity contribution in [1.29, 1.82) is 0 Å². The summed E-state index contributed by atoms with van der Waals surface area (Å²) in [5.74, 6) is 0.401. The molecule has 92 valence electrons. The molecule has 0 amide bonds. The van der Waals surface area contributed by atoms with Crippen molar-refractivity contribution in [3.63, 3.8) is 0 Å². The van der Waals surface area contributed by atoms with Crippen molar-refractivity contribution in [2.24, 2.45) is 0 Å². The summed E-state index contributed by atoms with van der Waals surface area (Å²) >= 11 is 0. The quantitative estimate of drug-likeness (QED) is 0.536. The highest BCUT2D eigenvalue weighted by molar-refractivity contribution is 5.70. The molecule has 0 heterocycles. The fourth-order valence-electron chi connectivity index (χ4n) is 1.15. The number of esters is 1. The van der Waals surface area contributed by atoms with E-state index in [4.69, 9.17) is 9.47 Å². The lowest BCUT2D eigenvalue weighted by molar-refractivity contribution is -0.146. The molecule has 17 heavy (non-hydrogen) atoms. The topological polar surface area (TPSA) is 44.8 Å². The highest BCUT2D eigenvalue weighted by Gasteiger charge is 2.00. The minimum atomic E-state index is -0.379. The van der Waals surface area contributed by atoms with Crippen LogP contribution in [-0.2, 0) is 20.9 Å². The van der Waals surface area contributed by atoms with Gasteiger partial charge in [-0.3, -0.25) is 0 Å². The number of hydrogen-bond acceptors (Lipinski definition) is 4. The Balaban J connectivity index is 2.34. The normalized spacial score (nSPS) is 9.71. The Morgan fingerprint density at radius 2 is 2.06 bits per heavy atom. The van der Waals surface area contributed by atoms with Crippen LogP contribution in [0.3, 0.4) is 0 Å². The molecule has 4 nitrogen and oxygen atoms in total. The van der Waals surface area contributed by atoms with Gasteiger partial charge in [-0.15, -0.1) is 0 Å². The fourth-order valence-corrected chi connectivity index (χ4v) is 1.15. The lowest BCUT2D eigenvalue weighted by Gasteiger charge is -2.05. The molecule has 0 saturated heterocycles. The first-order valence-corrected chi connectivity index (χ1v) is 5.23. The van der Waals surface area contributed by atoms with E-state index < -0.39 is 0 Å². The van der Waals surface area contributed by atoms with Gasteiger partial charge in [-0.25, -0.2) is 4.79 Å². The summed E-state index contributed by atoms with van der Waals surface area (Å²) in [5.41, 5.74) is 0.972. The molecule has 0 bridgehead atoms. The summed E-state index contributed by atoms with van der Waals surface area (Å²) in [5, 5.41) is 0. The minimum absolute atomic E-state index is 0.0365. The Morgan fingerprint density at radius 3 is 2.65 bits per heavy atom. The van der Waals surface area contributed by atoms with E-state index in [1.807, 2.05) is 24.3 Å². The minimum Gasteiger partial charge on any atom is -0.490 e. The predicted molar refractivity (Wildman–Crippen MR) is 63.8 cm³/mol. The van der Waals surface area contributed by atoms with Crippen molar-refractivity contribution in [2.75, 3.05) is 20.3 Å². The highest BCUT2D eigenvalue weighted by Crippen LogP contribution is 2.12. The molecule has 0 saturated carbocycles. The van der Waals surface area contributed by atoms with E-state index in [1.165, 1.54) is 7.11 Å². The van der Waals surface area contributed by atoms with E-state index >= 15 is 0 Å². The van der Waals surface area contributed by atoms with E-state index in [1.54, 1.807) is 6.08 Å². The van der Waals surface area contributed by atoms with Crippen LogP contribution >= 0.6 is 0 Å². The monoisotopic (exact) mass is 236 g/mol. The number of carbonyl (C=O) groups is 1. The maximum atomic E-state index is 10.8. The van der Waals surface area contributed by atoms with Gasteiger partial charge in [-0.05, 0) is 17.7 Å². The second-order valence-corrected chi connectivity index (χ2v) is 3.31. The molecule has 0 spiro atoms. The standard InChI is InChI=1S/C13H16O4/c1-3-8-17-12-6-4-11(5-7-12)9-16-10-13(14)15-2/h3-7H,1,8-10H2,2H3. The number of methoxy groups -OCH3 is 1. The zero-order chi connectivity index (χ0) is 12.5. The second kappa shape index (κ2) is 7.46. The third kappa shape index (κ3) is 5.17. The largest absolute Gasteiger partial charge is 0.490 e. The van der Waals surface area contributed by atoms with E-state index in [0.29, 0.717) is 13.2 Å². The molecule has 0 aliphatic rings. The van der Waals surface area contributed by atoms with Gasteiger partial charge in [0.1, 0.15) is 19.0 Å². The smallest absolute Gasteiger partial charge is 0.331 e. The number of hydrogen-bond donors (Lipinski definition) is 0. The number of ether oxygens (including phenoxy) is 3. The summed E-state index contributed by atoms with van der Waals surface area (Å²) in [4.78, 5) is 10.8. The molecule has 0 atom stereocenters. The zero-order valence-corrected chi connectivity index (χ0v) is 9.85. The van der Waals surface area contributed by atoms with Crippen LogP contribution in [0.4, 0.5) is 0 Å². The molecule has 1 aromatic rings. The Hall–Kier alpha value is -1.81. The molecule has 1 aromatic carbocycles. The van der Waals surface area contributed by atoms with Crippen molar-refractivity contribution in [1.82, 2.24) is 0 Å². The van der Waals surface area contributed by atoms with Crippen LogP contribution in [0.25, 0.3) is 0 Å². The lowest BCUT2D eigenvalue weighted by Crippen LogP contribution is -2.09. The van der Waals surface area contributed by atoms with Gasteiger partial charge >= 0.3 is 5.97 Å². The van der Waals surface area contributed by atoms with E-state index in [-0.39, 0.29) is 12.6 Å². The molecule has 1 rings (SSSR count). The number of carbonyl (C=O) groups excluding carboxylic acids is 1. The molecular formula is C13H16O4. The zero-order valence-electron chi connectivity index (χ0n) is 9.85. The van der Waals surface area contributed by atoms with Gasteiger partial charge in [0.2, 0.25) is 0 Å². The van der Waals surface area contributed by atoms with Crippen LogP contribution in [-0.4, -0.2) is 26.3 Å². The summed E-state index contributed by atoms with van der Waals surface area (Å²) in [6, 6.07) is 7.46. The van der Waals surface area contributed by atoms with Crippen LogP contribution in [0.15, 0.2) is 36.9 Å². The molecule has 0 unspecified atom stereocenters. The van der Waals surface area contributed by atoms with E-state index in [9.17, 15) is 4.79 Å². The maximum absolute atomic E-state index is 10.8. The van der Waals surface area contributed by atoms with Crippen molar-refractivity contribution >= 4 is 5.97 Å². The van der Waals surface area contributed by atoms with Gasteiger partial charge in [0.05, 0.1) is 13.7 Å². The molecule has 0 radical (unpaired) electrons. The average Bonchev–Trinajstić information content (AvgIpc) is 2.37. The van der Waals surface area contributed by atoms with Gasteiger partial charge in [0, 0.05) is 0 Å². The highest BCUT2D eigenvalue weighted by atomic mass is 16.6. The van der Waals surface area contributed by atoms with E-state index in [2.05, 4.69) is 11.3 Å². The third-order valence-corrected chi connectivity index (χ3v) is 2.01. The molecule has 0 aliphatic carbocycles. The molecule has 0 aromatic heterocycles. The Morgan fingerprint density at radius 1 is 1.35 bits per heavy atom. The molecule has 0 N–H and O–H groups in total. The van der Waals surface area contributed by atoms with Gasteiger partial charge in [-0.1, -0.05) is 24.8 Å². The molecule has 0 aliphatic heterocycles. The number of benzene rings is 1. The van der Waals surface area contributed by atoms with Crippen molar-refractivity contribution in [2.45, 2.75) is 6.61 Å². The Kier molecular flexibility index (Phi) is 5.82. The third-order valence-electron chi connectivity index (χ3n) is 2.01. The number of rotatable bonds is 7. The molecule has 0 fully saturated rings. The van der Waals surface area contributed by atoms with Crippen LogP contribution in [0.5, 0.6) is 5.75 Å². The Labute approximate surface area is 101 Å².